The summed E-state index contributed by atoms with van der Waals surface area (Å²) in [4.78, 5) is 12.4. The van der Waals surface area contributed by atoms with Gasteiger partial charge in [0.2, 0.25) is 0 Å². The van der Waals surface area contributed by atoms with Crippen molar-refractivity contribution in [3.8, 4) is 0 Å². The number of anilines is 2. The van der Waals surface area contributed by atoms with Gasteiger partial charge in [-0.05, 0) is 37.5 Å². The first kappa shape index (κ1) is 15.4. The van der Waals surface area contributed by atoms with E-state index in [9.17, 15) is 4.79 Å². The zero-order chi connectivity index (χ0) is 15.2. The summed E-state index contributed by atoms with van der Waals surface area (Å²) in [6.07, 6.45) is 0.945. The molecule has 1 amide bonds. The molecule has 0 spiro atoms. The quantitative estimate of drug-likeness (QED) is 0.768. The van der Waals surface area contributed by atoms with Crippen molar-refractivity contribution >= 4 is 27.9 Å². The maximum Gasteiger partial charge on any atom is 0.263 e. The minimum absolute atomic E-state index is 0.105. The first-order chi connectivity index (χ1) is 10.1. The number of nitrogens with one attached hydrogen (secondary N) is 2. The fourth-order valence-electron chi connectivity index (χ4n) is 2.12. The molecular weight excluding hydrogens is 282 g/mol. The van der Waals surface area contributed by atoms with Gasteiger partial charge in [0.15, 0.2) is 0 Å². The highest BCUT2D eigenvalue weighted by atomic mass is 32.1. The van der Waals surface area contributed by atoms with Gasteiger partial charge >= 0.3 is 0 Å². The number of benzene rings is 1. The van der Waals surface area contributed by atoms with E-state index >= 15 is 0 Å². The van der Waals surface area contributed by atoms with Crippen molar-refractivity contribution in [2.45, 2.75) is 20.3 Å². The molecule has 4 N–H and O–H groups in total. The molecule has 0 bridgehead atoms. The van der Waals surface area contributed by atoms with Crippen molar-refractivity contribution in [2.75, 3.05) is 24.1 Å². The van der Waals surface area contributed by atoms with E-state index in [0.717, 1.165) is 18.0 Å². The fourth-order valence-corrected chi connectivity index (χ4v) is 3.04. The third-order valence-corrected chi connectivity index (χ3v) is 4.37. The van der Waals surface area contributed by atoms with E-state index < -0.39 is 0 Å². The number of carbonyl (C=O) groups is 1. The Labute approximate surface area is 129 Å². The normalized spacial score (nSPS) is 10.4. The van der Waals surface area contributed by atoms with Crippen LogP contribution in [0.2, 0.25) is 0 Å². The van der Waals surface area contributed by atoms with Crippen molar-refractivity contribution in [3.63, 3.8) is 0 Å². The summed E-state index contributed by atoms with van der Waals surface area (Å²) in [5.74, 6) is -0.105. The van der Waals surface area contributed by atoms with Crippen LogP contribution in [-0.2, 0) is 6.42 Å². The minimum Gasteiger partial charge on any atom is -0.397 e. The summed E-state index contributed by atoms with van der Waals surface area (Å²) < 4.78 is 0. The molecular formula is C16H21N3OS. The summed E-state index contributed by atoms with van der Waals surface area (Å²) >= 11 is 1.40. The van der Waals surface area contributed by atoms with E-state index in [0.29, 0.717) is 17.1 Å². The van der Waals surface area contributed by atoms with Crippen LogP contribution in [0.25, 0.3) is 0 Å². The molecule has 112 valence electrons. The molecule has 0 saturated carbocycles. The lowest BCUT2D eigenvalue weighted by molar-refractivity contribution is 0.0960. The highest BCUT2D eigenvalue weighted by molar-refractivity contribution is 7.18. The largest absolute Gasteiger partial charge is 0.397 e. The molecule has 1 heterocycles. The molecule has 0 unspecified atom stereocenters. The van der Waals surface area contributed by atoms with Crippen LogP contribution in [0.5, 0.6) is 0 Å². The van der Waals surface area contributed by atoms with Gasteiger partial charge in [-0.2, -0.15) is 0 Å². The lowest BCUT2D eigenvalue weighted by Crippen LogP contribution is -2.22. The Morgan fingerprint density at radius 2 is 2.10 bits per heavy atom. The predicted molar refractivity (Wildman–Crippen MR) is 90.1 cm³/mol. The van der Waals surface area contributed by atoms with Crippen LogP contribution in [0.1, 0.15) is 27.7 Å². The average molecular weight is 303 g/mol. The number of carbonyl (C=O) groups excluding carboxylic acids is 1. The smallest absolute Gasteiger partial charge is 0.263 e. The molecule has 4 nitrogen and oxygen atoms in total. The molecule has 0 aliphatic rings. The van der Waals surface area contributed by atoms with Crippen LogP contribution in [0.4, 0.5) is 10.7 Å². The summed E-state index contributed by atoms with van der Waals surface area (Å²) in [7, 11) is 0. The van der Waals surface area contributed by atoms with Gasteiger partial charge in [0, 0.05) is 13.1 Å². The van der Waals surface area contributed by atoms with Crippen LogP contribution in [0.15, 0.2) is 30.3 Å². The summed E-state index contributed by atoms with van der Waals surface area (Å²) in [5, 5.41) is 7.04. The maximum atomic E-state index is 11.8. The zero-order valence-electron chi connectivity index (χ0n) is 12.4. The molecule has 0 radical (unpaired) electrons. The van der Waals surface area contributed by atoms with E-state index in [1.165, 1.54) is 22.5 Å². The van der Waals surface area contributed by atoms with Gasteiger partial charge in [-0.15, -0.1) is 11.3 Å². The van der Waals surface area contributed by atoms with Crippen molar-refractivity contribution in [2.24, 2.45) is 0 Å². The molecule has 1 aromatic heterocycles. The summed E-state index contributed by atoms with van der Waals surface area (Å²) in [6, 6.07) is 10.2. The Kier molecular flexibility index (Phi) is 5.22. The monoisotopic (exact) mass is 303 g/mol. The molecule has 1 aromatic carbocycles. The number of amides is 1. The fraction of sp³-hybridized carbons (Fsp3) is 0.312. The first-order valence-electron chi connectivity index (χ1n) is 7.07. The van der Waals surface area contributed by atoms with Gasteiger partial charge < -0.3 is 16.4 Å². The second kappa shape index (κ2) is 7.13. The Morgan fingerprint density at radius 3 is 2.81 bits per heavy atom. The van der Waals surface area contributed by atoms with Crippen molar-refractivity contribution in [3.05, 3.63) is 46.3 Å². The number of hydrogen-bond acceptors (Lipinski definition) is 4. The average Bonchev–Trinajstić information content (AvgIpc) is 2.82. The number of hydrogen-bond donors (Lipinski definition) is 3. The van der Waals surface area contributed by atoms with Gasteiger partial charge in [0.1, 0.15) is 4.88 Å². The number of nitrogen functional groups attached to an aromatic ring is 1. The van der Waals surface area contributed by atoms with E-state index in [1.807, 2.05) is 19.1 Å². The number of aryl methyl sites for hydroxylation is 1. The molecule has 5 heteroatoms. The lowest BCUT2D eigenvalue weighted by Gasteiger charge is -2.06. The van der Waals surface area contributed by atoms with Crippen LogP contribution in [-0.4, -0.2) is 19.0 Å². The highest BCUT2D eigenvalue weighted by Crippen LogP contribution is 2.29. The molecule has 0 aliphatic carbocycles. The van der Waals surface area contributed by atoms with Crippen molar-refractivity contribution in [1.29, 1.82) is 0 Å². The van der Waals surface area contributed by atoms with Gasteiger partial charge in [-0.25, -0.2) is 0 Å². The Balaban J connectivity index is 1.94. The molecule has 21 heavy (non-hydrogen) atoms. The topological polar surface area (TPSA) is 67.2 Å². The molecule has 0 saturated heterocycles. The van der Waals surface area contributed by atoms with Crippen LogP contribution in [0.3, 0.4) is 0 Å². The van der Waals surface area contributed by atoms with Gasteiger partial charge in [-0.1, -0.05) is 24.3 Å². The third kappa shape index (κ3) is 3.98. The second-order valence-electron chi connectivity index (χ2n) is 4.86. The molecule has 2 rings (SSSR count). The second-order valence-corrected chi connectivity index (χ2v) is 5.91. The standard InChI is InChI=1S/C16H21N3OS/c1-3-18-16(20)15-13(17)10-14(21-15)19-9-8-12-7-5-4-6-11(12)2/h4-7,10,19H,3,8-9,17H2,1-2H3,(H,18,20). The lowest BCUT2D eigenvalue weighted by atomic mass is 10.1. The van der Waals surface area contributed by atoms with Crippen molar-refractivity contribution in [1.82, 2.24) is 5.32 Å². The Morgan fingerprint density at radius 1 is 1.33 bits per heavy atom. The Hall–Kier alpha value is -2.01. The third-order valence-electron chi connectivity index (χ3n) is 3.26. The maximum absolute atomic E-state index is 11.8. The van der Waals surface area contributed by atoms with E-state index in [4.69, 9.17) is 5.73 Å². The Bertz CT molecular complexity index is 622. The molecule has 2 aromatic rings. The zero-order valence-corrected chi connectivity index (χ0v) is 13.2. The number of thiophene rings is 1. The summed E-state index contributed by atoms with van der Waals surface area (Å²) in [6.45, 7) is 5.43. The van der Waals surface area contributed by atoms with Crippen LogP contribution in [0, 0.1) is 6.92 Å². The van der Waals surface area contributed by atoms with Crippen LogP contribution >= 0.6 is 11.3 Å². The van der Waals surface area contributed by atoms with E-state index in [1.54, 1.807) is 0 Å². The first-order valence-corrected chi connectivity index (χ1v) is 7.89. The van der Waals surface area contributed by atoms with E-state index in [2.05, 4.69) is 35.8 Å². The van der Waals surface area contributed by atoms with E-state index in [-0.39, 0.29) is 5.91 Å². The molecule has 0 aliphatic heterocycles. The van der Waals surface area contributed by atoms with Crippen LogP contribution < -0.4 is 16.4 Å². The molecule has 0 fully saturated rings. The SMILES string of the molecule is CCNC(=O)c1sc(NCCc2ccccc2C)cc1N. The molecule has 0 atom stereocenters. The number of nitrogens with two attached hydrogens (primary N) is 1. The van der Waals surface area contributed by atoms with Gasteiger partial charge in [0.25, 0.3) is 5.91 Å². The highest BCUT2D eigenvalue weighted by Gasteiger charge is 2.13. The van der Waals surface area contributed by atoms with Crippen molar-refractivity contribution < 1.29 is 4.79 Å². The summed E-state index contributed by atoms with van der Waals surface area (Å²) in [5.41, 5.74) is 9.05. The predicted octanol–water partition coefficient (Wildman–Crippen LogP) is 3.04. The number of rotatable bonds is 6. The van der Waals surface area contributed by atoms with Gasteiger partial charge in [0.05, 0.1) is 10.7 Å². The minimum atomic E-state index is -0.105. The van der Waals surface area contributed by atoms with Gasteiger partial charge in [-0.3, -0.25) is 4.79 Å².